The third kappa shape index (κ3) is 7.67. The Balaban J connectivity index is 0.853. The summed E-state index contributed by atoms with van der Waals surface area (Å²) in [6.07, 6.45) is 6.69. The molecule has 0 atom stereocenters. The van der Waals surface area contributed by atoms with Crippen LogP contribution in [0.15, 0.2) is 59.5 Å². The Hall–Kier alpha value is -6.03. The van der Waals surface area contributed by atoms with Gasteiger partial charge in [0.15, 0.2) is 0 Å². The van der Waals surface area contributed by atoms with Crippen molar-refractivity contribution in [3.63, 3.8) is 0 Å². The topological polar surface area (TPSA) is 180 Å². The molecule has 2 saturated heterocycles. The summed E-state index contributed by atoms with van der Waals surface area (Å²) >= 11 is 0. The van der Waals surface area contributed by atoms with E-state index in [0.717, 1.165) is 66.6 Å². The Bertz CT molecular complexity index is 2400. The lowest BCUT2D eigenvalue weighted by Crippen LogP contribution is -2.48. The molecule has 0 radical (unpaired) electrons. The minimum atomic E-state index is -0.545. The lowest BCUT2D eigenvalue weighted by atomic mass is 9.89. The first-order valence-electron chi connectivity index (χ1n) is 18.5. The van der Waals surface area contributed by atoms with Crippen LogP contribution >= 0.6 is 0 Å². The van der Waals surface area contributed by atoms with Gasteiger partial charge in [-0.2, -0.15) is 15.2 Å². The molecule has 0 unspecified atom stereocenters. The average molecular weight is 748 g/mol. The van der Waals surface area contributed by atoms with Crippen LogP contribution in [0.1, 0.15) is 84.8 Å². The third-order valence-electron chi connectivity index (χ3n) is 10.4. The van der Waals surface area contributed by atoms with Crippen LogP contribution in [-0.4, -0.2) is 88.8 Å². The van der Waals surface area contributed by atoms with Crippen LogP contribution in [0.25, 0.3) is 27.7 Å². The Morgan fingerprint density at radius 1 is 1.07 bits per heavy atom. The second kappa shape index (κ2) is 14.7. The van der Waals surface area contributed by atoms with Crippen molar-refractivity contribution in [2.24, 2.45) is 0 Å². The highest BCUT2D eigenvalue weighted by Gasteiger charge is 2.26. The van der Waals surface area contributed by atoms with Crippen molar-refractivity contribution in [1.29, 1.82) is 0 Å². The van der Waals surface area contributed by atoms with Gasteiger partial charge >= 0.3 is 6.03 Å². The molecule has 0 saturated carbocycles. The molecule has 0 spiro atoms. The molecule has 4 amide bonds. The van der Waals surface area contributed by atoms with Gasteiger partial charge in [-0.3, -0.25) is 20.0 Å². The Labute approximate surface area is 315 Å². The number of halogens is 1. The summed E-state index contributed by atoms with van der Waals surface area (Å²) in [7, 11) is 0. The molecule has 6 aromatic rings. The number of carbonyl (C=O) groups excluding carboxylic acids is 3. The Morgan fingerprint density at radius 3 is 2.67 bits per heavy atom. The molecule has 15 nitrogen and oxygen atoms in total. The number of urea groups is 1. The summed E-state index contributed by atoms with van der Waals surface area (Å²) in [6.45, 7) is 9.30. The standard InChI is InChI=1S/C39H42FN11O4/c1-39(2,3)37-45-35(48-55-37)36(53)41-19-27-5-4-26(17-29(27)40)34-32-16-23(20-51(32)43-22-42-34)8-12-49-13-9-24(10-14-49)25-6-7-28-30(18-25)46-47-31(28)21-50-15-11-33(52)44-38(50)54/h4-7,16-18,20,22,24H,8-15,19,21H2,1-3H3,(H,41,53)(H,46,47)(H,44,52,54). The number of nitrogens with one attached hydrogen (secondary N) is 3. The average Bonchev–Trinajstić information content (AvgIpc) is 3.93. The number of amides is 4. The van der Waals surface area contributed by atoms with E-state index in [1.807, 2.05) is 27.0 Å². The van der Waals surface area contributed by atoms with Crippen LogP contribution in [0.2, 0.25) is 0 Å². The fourth-order valence-electron chi connectivity index (χ4n) is 7.23. The first-order valence-corrected chi connectivity index (χ1v) is 18.5. The van der Waals surface area contributed by atoms with Crippen LogP contribution in [0.4, 0.5) is 9.18 Å². The highest BCUT2D eigenvalue weighted by Crippen LogP contribution is 2.31. The highest BCUT2D eigenvalue weighted by molar-refractivity contribution is 5.96. The van der Waals surface area contributed by atoms with E-state index in [9.17, 15) is 14.4 Å². The second-order valence-electron chi connectivity index (χ2n) is 15.3. The summed E-state index contributed by atoms with van der Waals surface area (Å²) in [6, 6.07) is 13.0. The van der Waals surface area contributed by atoms with Crippen LogP contribution in [0, 0.1) is 5.82 Å². The number of H-pyrrole nitrogens is 1. The first kappa shape index (κ1) is 36.0. The number of nitrogens with zero attached hydrogens (tertiary/aromatic N) is 8. The summed E-state index contributed by atoms with van der Waals surface area (Å²) in [5.74, 6) is -0.569. The molecule has 0 aliphatic carbocycles. The van der Waals surface area contributed by atoms with E-state index in [4.69, 9.17) is 4.52 Å². The molecule has 3 N–H and O–H groups in total. The third-order valence-corrected chi connectivity index (χ3v) is 10.4. The summed E-state index contributed by atoms with van der Waals surface area (Å²) in [4.78, 5) is 49.1. The largest absolute Gasteiger partial charge is 0.345 e. The number of carbonyl (C=O) groups is 3. The van der Waals surface area contributed by atoms with Crippen molar-refractivity contribution >= 4 is 34.3 Å². The van der Waals surface area contributed by atoms with E-state index in [2.05, 4.69) is 70.2 Å². The monoisotopic (exact) mass is 747 g/mol. The maximum absolute atomic E-state index is 15.3. The zero-order chi connectivity index (χ0) is 38.3. The number of aromatic amines is 1. The molecule has 16 heteroatoms. The van der Waals surface area contributed by atoms with Gasteiger partial charge in [-0.15, -0.1) is 0 Å². The van der Waals surface area contributed by atoms with Gasteiger partial charge in [-0.05, 0) is 67.6 Å². The van der Waals surface area contributed by atoms with Crippen LogP contribution in [0.5, 0.6) is 0 Å². The number of piperidine rings is 1. The van der Waals surface area contributed by atoms with Crippen molar-refractivity contribution in [3.8, 4) is 11.3 Å². The zero-order valence-corrected chi connectivity index (χ0v) is 30.9. The minimum Gasteiger partial charge on any atom is -0.345 e. The van der Waals surface area contributed by atoms with E-state index >= 15 is 4.39 Å². The summed E-state index contributed by atoms with van der Waals surface area (Å²) < 4.78 is 22.3. The fraction of sp³-hybridized carbons (Fsp3) is 0.385. The van der Waals surface area contributed by atoms with Gasteiger partial charge in [0.05, 0.1) is 29.0 Å². The molecule has 2 fully saturated rings. The minimum absolute atomic E-state index is 0.0387. The predicted octanol–water partition coefficient (Wildman–Crippen LogP) is 4.89. The molecule has 55 heavy (non-hydrogen) atoms. The van der Waals surface area contributed by atoms with Gasteiger partial charge in [-0.25, -0.2) is 18.7 Å². The van der Waals surface area contributed by atoms with E-state index in [-0.39, 0.29) is 24.3 Å². The van der Waals surface area contributed by atoms with Crippen molar-refractivity contribution < 1.29 is 23.3 Å². The van der Waals surface area contributed by atoms with Crippen LogP contribution in [0.3, 0.4) is 0 Å². The molecule has 8 rings (SSSR count). The number of likely N-dealkylation sites (tertiary alicyclic amines) is 1. The maximum Gasteiger partial charge on any atom is 0.324 e. The van der Waals surface area contributed by atoms with Crippen molar-refractivity contribution in [2.75, 3.05) is 26.2 Å². The normalized spacial score (nSPS) is 16.0. The van der Waals surface area contributed by atoms with Crippen LogP contribution < -0.4 is 10.6 Å². The SMILES string of the molecule is CC(C)(C)c1nc(C(=O)NCc2ccc(-c3ncnn4cc(CCN5CCC(c6ccc7c(CN8CCC(=O)NC8=O)[nH]nc7c6)CC5)cc34)cc2F)no1. The predicted molar refractivity (Wildman–Crippen MR) is 199 cm³/mol. The number of aromatic nitrogens is 7. The lowest BCUT2D eigenvalue weighted by molar-refractivity contribution is -0.121. The van der Waals surface area contributed by atoms with Crippen molar-refractivity contribution in [3.05, 3.63) is 94.9 Å². The maximum atomic E-state index is 15.3. The fourth-order valence-corrected chi connectivity index (χ4v) is 7.23. The number of fused-ring (bicyclic) bond motifs is 2. The van der Waals surface area contributed by atoms with Gasteiger partial charge in [-0.1, -0.05) is 50.2 Å². The van der Waals surface area contributed by atoms with Crippen LogP contribution in [-0.2, 0) is 29.7 Å². The first-order chi connectivity index (χ1) is 26.5. The molecule has 2 aliphatic rings. The van der Waals surface area contributed by atoms with E-state index in [0.29, 0.717) is 48.1 Å². The quantitative estimate of drug-likeness (QED) is 0.175. The Kier molecular flexibility index (Phi) is 9.59. The van der Waals surface area contributed by atoms with Gasteiger partial charge in [0, 0.05) is 54.2 Å². The molecule has 6 heterocycles. The molecule has 2 aromatic carbocycles. The summed E-state index contributed by atoms with van der Waals surface area (Å²) in [5, 5.41) is 21.8. The number of hydrogen-bond donors (Lipinski definition) is 3. The molecule has 2 aliphatic heterocycles. The van der Waals surface area contributed by atoms with E-state index in [1.165, 1.54) is 18.0 Å². The smallest absolute Gasteiger partial charge is 0.324 e. The highest BCUT2D eigenvalue weighted by atomic mass is 19.1. The van der Waals surface area contributed by atoms with Gasteiger partial charge in [0.1, 0.15) is 12.1 Å². The second-order valence-corrected chi connectivity index (χ2v) is 15.3. The molecule has 284 valence electrons. The zero-order valence-electron chi connectivity index (χ0n) is 30.9. The van der Waals surface area contributed by atoms with E-state index < -0.39 is 17.1 Å². The molecule has 4 aromatic heterocycles. The van der Waals surface area contributed by atoms with Gasteiger partial charge in [0.2, 0.25) is 11.8 Å². The molecule has 0 bridgehead atoms. The summed E-state index contributed by atoms with van der Waals surface area (Å²) in [5.41, 5.74) is 6.06. The molecular weight excluding hydrogens is 706 g/mol. The van der Waals surface area contributed by atoms with Gasteiger partial charge < -0.3 is 19.6 Å². The number of imide groups is 1. The number of hydrogen-bond acceptors (Lipinski definition) is 10. The van der Waals surface area contributed by atoms with Gasteiger partial charge in [0.25, 0.3) is 11.7 Å². The lowest BCUT2D eigenvalue weighted by Gasteiger charge is -2.32. The number of rotatable bonds is 10. The van der Waals surface area contributed by atoms with Crippen molar-refractivity contribution in [2.45, 2.75) is 70.9 Å². The van der Waals surface area contributed by atoms with E-state index in [1.54, 1.807) is 21.5 Å². The molecular formula is C39H42FN11O4. The Morgan fingerprint density at radius 2 is 1.91 bits per heavy atom. The van der Waals surface area contributed by atoms with Crippen molar-refractivity contribution in [1.82, 2.24) is 55.4 Å². The number of benzene rings is 2.